The summed E-state index contributed by atoms with van der Waals surface area (Å²) in [7, 11) is 1.76. The van der Waals surface area contributed by atoms with E-state index in [0.717, 1.165) is 36.2 Å². The molecule has 7 heteroatoms. The van der Waals surface area contributed by atoms with Crippen molar-refractivity contribution >= 4 is 27.6 Å². The highest BCUT2D eigenvalue weighted by molar-refractivity contribution is 9.10. The molecule has 3 N–H and O–H groups in total. The fourth-order valence-electron chi connectivity index (χ4n) is 2.23. The number of ether oxygens (including phenoxy) is 1. The summed E-state index contributed by atoms with van der Waals surface area (Å²) in [4.78, 5) is 10.6. The smallest absolute Gasteiger partial charge is 0.159 e. The molecule has 1 aliphatic rings. The molecule has 1 fully saturated rings. The van der Waals surface area contributed by atoms with Gasteiger partial charge in [0.15, 0.2) is 5.82 Å². The van der Waals surface area contributed by atoms with E-state index in [9.17, 15) is 0 Å². The Balaban J connectivity index is 2.26. The van der Waals surface area contributed by atoms with Crippen molar-refractivity contribution in [3.05, 3.63) is 10.8 Å². The number of nitrogen functional groups attached to an aromatic ring is 1. The van der Waals surface area contributed by atoms with Crippen LogP contribution in [0.25, 0.3) is 0 Å². The van der Waals surface area contributed by atoms with Crippen LogP contribution in [0, 0.1) is 0 Å². The first-order valence-electron chi connectivity index (χ1n) is 5.87. The minimum atomic E-state index is -0.126. The second-order valence-electron chi connectivity index (χ2n) is 4.68. The minimum absolute atomic E-state index is 0.126. The van der Waals surface area contributed by atoms with Crippen molar-refractivity contribution in [3.8, 4) is 0 Å². The third kappa shape index (κ3) is 2.57. The molecule has 1 aromatic heterocycles. The van der Waals surface area contributed by atoms with E-state index < -0.39 is 0 Å². The van der Waals surface area contributed by atoms with Crippen LogP contribution in [0.15, 0.2) is 10.8 Å². The van der Waals surface area contributed by atoms with E-state index >= 15 is 0 Å². The SMILES string of the molecule is COC1(C)CCCN(c2ncnc(NN)c2Br)C1. The van der Waals surface area contributed by atoms with E-state index in [1.54, 1.807) is 7.11 Å². The Kier molecular flexibility index (Phi) is 4.04. The number of aromatic nitrogens is 2. The molecule has 18 heavy (non-hydrogen) atoms. The molecule has 1 aliphatic heterocycles. The van der Waals surface area contributed by atoms with Crippen molar-refractivity contribution in [2.75, 3.05) is 30.5 Å². The first kappa shape index (κ1) is 13.5. The summed E-state index contributed by atoms with van der Waals surface area (Å²) in [5.41, 5.74) is 2.43. The van der Waals surface area contributed by atoms with Gasteiger partial charge in [0.25, 0.3) is 0 Å². The second kappa shape index (κ2) is 5.38. The summed E-state index contributed by atoms with van der Waals surface area (Å²) in [5, 5.41) is 0. The lowest BCUT2D eigenvalue weighted by molar-refractivity contribution is -0.00484. The number of nitrogens with two attached hydrogens (primary N) is 1. The second-order valence-corrected chi connectivity index (χ2v) is 5.48. The highest BCUT2D eigenvalue weighted by atomic mass is 79.9. The molecule has 0 bridgehead atoms. The molecule has 1 atom stereocenters. The first-order chi connectivity index (χ1) is 8.59. The Morgan fingerprint density at radius 1 is 1.56 bits per heavy atom. The summed E-state index contributed by atoms with van der Waals surface area (Å²) in [5.74, 6) is 6.85. The van der Waals surface area contributed by atoms with Crippen molar-refractivity contribution < 1.29 is 4.74 Å². The van der Waals surface area contributed by atoms with Gasteiger partial charge in [0.1, 0.15) is 16.6 Å². The van der Waals surface area contributed by atoms with Crippen LogP contribution in [0.3, 0.4) is 0 Å². The van der Waals surface area contributed by atoms with E-state index in [2.05, 4.69) is 43.1 Å². The minimum Gasteiger partial charge on any atom is -0.377 e. The van der Waals surface area contributed by atoms with Crippen LogP contribution in [0.4, 0.5) is 11.6 Å². The molecule has 0 aromatic carbocycles. The lowest BCUT2D eigenvalue weighted by Gasteiger charge is -2.40. The molecule has 0 radical (unpaired) electrons. The predicted octanol–water partition coefficient (Wildman–Crippen LogP) is 1.53. The molecule has 0 amide bonds. The van der Waals surface area contributed by atoms with Crippen LogP contribution in [0.1, 0.15) is 19.8 Å². The van der Waals surface area contributed by atoms with Gasteiger partial charge in [-0.25, -0.2) is 15.8 Å². The number of halogens is 1. The van der Waals surface area contributed by atoms with Crippen LogP contribution in [0.2, 0.25) is 0 Å². The van der Waals surface area contributed by atoms with Gasteiger partial charge in [0, 0.05) is 20.2 Å². The van der Waals surface area contributed by atoms with Gasteiger partial charge >= 0.3 is 0 Å². The topological polar surface area (TPSA) is 76.3 Å². The maximum absolute atomic E-state index is 5.59. The summed E-state index contributed by atoms with van der Waals surface area (Å²) in [6, 6.07) is 0. The molecular weight excluding hydrogens is 298 g/mol. The van der Waals surface area contributed by atoms with Gasteiger partial charge in [-0.15, -0.1) is 0 Å². The van der Waals surface area contributed by atoms with Gasteiger partial charge in [0.2, 0.25) is 0 Å². The summed E-state index contributed by atoms with van der Waals surface area (Å²) in [6.07, 6.45) is 3.64. The van der Waals surface area contributed by atoms with E-state index in [-0.39, 0.29) is 5.60 Å². The number of nitrogens with one attached hydrogen (secondary N) is 1. The molecule has 0 aliphatic carbocycles. The van der Waals surface area contributed by atoms with Crippen molar-refractivity contribution in [3.63, 3.8) is 0 Å². The standard InChI is InChI=1S/C11H18BrN5O/c1-11(18-2)4-3-5-17(6-11)10-8(12)9(16-13)14-7-15-10/h7H,3-6,13H2,1-2H3,(H,14,15,16). The van der Waals surface area contributed by atoms with Gasteiger partial charge in [-0.1, -0.05) is 0 Å². The highest BCUT2D eigenvalue weighted by Crippen LogP contribution is 2.33. The van der Waals surface area contributed by atoms with Crippen LogP contribution in [-0.2, 0) is 4.74 Å². The number of rotatable bonds is 3. The number of nitrogens with zero attached hydrogens (tertiary/aromatic N) is 3. The fraction of sp³-hybridized carbons (Fsp3) is 0.636. The average Bonchev–Trinajstić information content (AvgIpc) is 2.39. The van der Waals surface area contributed by atoms with E-state index in [0.29, 0.717) is 5.82 Å². The number of hydrogen-bond donors (Lipinski definition) is 2. The van der Waals surface area contributed by atoms with Gasteiger partial charge in [-0.2, -0.15) is 0 Å². The quantitative estimate of drug-likeness (QED) is 0.650. The number of hydrazine groups is 1. The maximum atomic E-state index is 5.59. The van der Waals surface area contributed by atoms with Gasteiger partial charge in [-0.05, 0) is 35.7 Å². The summed E-state index contributed by atoms with van der Waals surface area (Å²) in [6.45, 7) is 3.89. The predicted molar refractivity (Wildman–Crippen MR) is 74.4 cm³/mol. The first-order valence-corrected chi connectivity index (χ1v) is 6.66. The Morgan fingerprint density at radius 2 is 2.33 bits per heavy atom. The zero-order valence-electron chi connectivity index (χ0n) is 10.6. The van der Waals surface area contributed by atoms with Crippen LogP contribution < -0.4 is 16.2 Å². The summed E-state index contributed by atoms with van der Waals surface area (Å²) >= 11 is 3.49. The van der Waals surface area contributed by atoms with E-state index in [1.807, 2.05) is 0 Å². The Labute approximate surface area is 115 Å². The van der Waals surface area contributed by atoms with E-state index in [1.165, 1.54) is 6.33 Å². The van der Waals surface area contributed by atoms with Crippen molar-refractivity contribution in [2.45, 2.75) is 25.4 Å². The summed E-state index contributed by atoms with van der Waals surface area (Å²) < 4.78 is 6.37. The van der Waals surface area contributed by atoms with Gasteiger partial charge in [0.05, 0.1) is 5.60 Å². The Hall–Kier alpha value is -0.920. The third-order valence-electron chi connectivity index (χ3n) is 3.36. The molecule has 2 rings (SSSR count). The van der Waals surface area contributed by atoms with Crippen LogP contribution >= 0.6 is 15.9 Å². The van der Waals surface area contributed by atoms with Crippen molar-refractivity contribution in [1.82, 2.24) is 9.97 Å². The number of hydrogen-bond acceptors (Lipinski definition) is 6. The lowest BCUT2D eigenvalue weighted by atomic mass is 9.95. The maximum Gasteiger partial charge on any atom is 0.159 e. The monoisotopic (exact) mass is 315 g/mol. The zero-order valence-corrected chi connectivity index (χ0v) is 12.2. The molecule has 1 unspecified atom stereocenters. The molecule has 0 spiro atoms. The zero-order chi connectivity index (χ0) is 13.2. The molecule has 1 aromatic rings. The third-order valence-corrected chi connectivity index (χ3v) is 4.09. The fourth-order valence-corrected chi connectivity index (χ4v) is 2.80. The van der Waals surface area contributed by atoms with Crippen molar-refractivity contribution in [2.24, 2.45) is 5.84 Å². The molecular formula is C11H18BrN5O. The Morgan fingerprint density at radius 3 is 3.00 bits per heavy atom. The van der Waals surface area contributed by atoms with Gasteiger partial charge < -0.3 is 15.1 Å². The number of piperidine rings is 1. The molecule has 1 saturated heterocycles. The molecule has 0 saturated carbocycles. The Bertz CT molecular complexity index is 430. The van der Waals surface area contributed by atoms with Crippen LogP contribution in [0.5, 0.6) is 0 Å². The van der Waals surface area contributed by atoms with Crippen molar-refractivity contribution in [1.29, 1.82) is 0 Å². The number of anilines is 2. The van der Waals surface area contributed by atoms with Crippen LogP contribution in [-0.4, -0.2) is 35.8 Å². The molecule has 2 heterocycles. The van der Waals surface area contributed by atoms with E-state index in [4.69, 9.17) is 10.6 Å². The largest absolute Gasteiger partial charge is 0.377 e. The number of methoxy groups -OCH3 is 1. The molecule has 100 valence electrons. The lowest BCUT2D eigenvalue weighted by Crippen LogP contribution is -2.47. The highest BCUT2D eigenvalue weighted by Gasteiger charge is 2.32. The normalized spacial score (nSPS) is 24.1. The average molecular weight is 316 g/mol. The van der Waals surface area contributed by atoms with Gasteiger partial charge in [-0.3, -0.25) is 0 Å². The molecule has 6 nitrogen and oxygen atoms in total.